The molecule has 0 atom stereocenters. The number of carbonyl (C=O) groups is 1. The normalized spacial score (nSPS) is 11.0. The molecule has 8 heteroatoms. The van der Waals surface area contributed by atoms with Crippen molar-refractivity contribution in [3.63, 3.8) is 0 Å². The second-order valence-electron chi connectivity index (χ2n) is 5.72. The van der Waals surface area contributed by atoms with Gasteiger partial charge >= 0.3 is 5.69 Å². The quantitative estimate of drug-likeness (QED) is 0.399. The van der Waals surface area contributed by atoms with E-state index in [1.54, 1.807) is 0 Å². The van der Waals surface area contributed by atoms with Crippen molar-refractivity contribution in [1.82, 2.24) is 15.0 Å². The van der Waals surface area contributed by atoms with Gasteiger partial charge in [0.1, 0.15) is 4.70 Å². The molecule has 6 nitrogen and oxygen atoms in total. The van der Waals surface area contributed by atoms with Gasteiger partial charge in [-0.3, -0.25) is 19.6 Å². The molecule has 0 aliphatic rings. The molecule has 0 bridgehead atoms. The van der Waals surface area contributed by atoms with Crippen molar-refractivity contribution in [2.24, 2.45) is 0 Å². The van der Waals surface area contributed by atoms with E-state index in [0.717, 1.165) is 22.5 Å². The number of carbonyl (C=O) groups excluding carboxylic acids is 1. The highest BCUT2D eigenvalue weighted by Crippen LogP contribution is 2.27. The maximum Gasteiger partial charge on any atom is 0.327 e. The van der Waals surface area contributed by atoms with Crippen LogP contribution in [0.15, 0.2) is 68.5 Å². The van der Waals surface area contributed by atoms with Crippen molar-refractivity contribution in [2.75, 3.05) is 5.75 Å². The topological polar surface area (TPSA) is 95.7 Å². The summed E-state index contributed by atoms with van der Waals surface area (Å²) < 4.78 is 0.906. The molecule has 0 radical (unpaired) electrons. The standard InChI is InChI=1S/C19H13N3O3S2/c23-14(13-8-6-12(7-9-13)11-4-2-1-3-5-11)10-26-19-21-16-15(27-19)17(24)22-18(25)20-16/h1-9H,10H2,(H2,20,22,24,25). The number of benzene rings is 2. The number of hydrogen-bond acceptors (Lipinski definition) is 6. The molecule has 27 heavy (non-hydrogen) atoms. The second kappa shape index (κ2) is 7.34. The van der Waals surface area contributed by atoms with Gasteiger partial charge in [0.25, 0.3) is 5.56 Å². The number of thiazole rings is 1. The monoisotopic (exact) mass is 395 g/mol. The third-order valence-electron chi connectivity index (χ3n) is 3.91. The number of H-pyrrole nitrogens is 2. The highest BCUT2D eigenvalue weighted by Gasteiger charge is 2.12. The van der Waals surface area contributed by atoms with E-state index >= 15 is 0 Å². The van der Waals surface area contributed by atoms with Gasteiger partial charge in [-0.05, 0) is 11.1 Å². The Hall–Kier alpha value is -2.97. The predicted molar refractivity (Wildman–Crippen MR) is 108 cm³/mol. The first kappa shape index (κ1) is 17.4. The summed E-state index contributed by atoms with van der Waals surface area (Å²) in [5.41, 5.74) is 1.95. The summed E-state index contributed by atoms with van der Waals surface area (Å²) >= 11 is 2.40. The number of fused-ring (bicyclic) bond motifs is 1. The number of Topliss-reactive ketones (excluding diaryl/α,β-unsaturated/α-hetero) is 1. The van der Waals surface area contributed by atoms with E-state index in [0.29, 0.717) is 14.6 Å². The van der Waals surface area contributed by atoms with Gasteiger partial charge in [0.05, 0.1) is 5.75 Å². The maximum absolute atomic E-state index is 12.4. The number of nitrogens with one attached hydrogen (secondary N) is 2. The minimum Gasteiger partial charge on any atom is -0.293 e. The van der Waals surface area contributed by atoms with Crippen LogP contribution in [-0.4, -0.2) is 26.5 Å². The van der Waals surface area contributed by atoms with E-state index in [1.807, 2.05) is 54.6 Å². The molecule has 134 valence electrons. The lowest BCUT2D eigenvalue weighted by molar-refractivity contribution is 0.102. The highest BCUT2D eigenvalue weighted by atomic mass is 32.2. The average Bonchev–Trinajstić information content (AvgIpc) is 3.10. The molecule has 2 heterocycles. The van der Waals surface area contributed by atoms with E-state index in [1.165, 1.54) is 11.8 Å². The van der Waals surface area contributed by atoms with Crippen molar-refractivity contribution >= 4 is 39.2 Å². The predicted octanol–water partition coefficient (Wildman–Crippen LogP) is 3.31. The van der Waals surface area contributed by atoms with Crippen LogP contribution in [0, 0.1) is 0 Å². The van der Waals surface area contributed by atoms with Crippen LogP contribution in [0.3, 0.4) is 0 Å². The van der Waals surface area contributed by atoms with E-state index in [9.17, 15) is 14.4 Å². The van der Waals surface area contributed by atoms with E-state index in [2.05, 4.69) is 15.0 Å². The van der Waals surface area contributed by atoms with Gasteiger partial charge < -0.3 is 0 Å². The summed E-state index contributed by atoms with van der Waals surface area (Å²) in [6.07, 6.45) is 0. The average molecular weight is 395 g/mol. The Labute approximate surface area is 161 Å². The van der Waals surface area contributed by atoms with Crippen molar-refractivity contribution in [2.45, 2.75) is 4.34 Å². The fraction of sp³-hybridized carbons (Fsp3) is 0.0526. The first-order valence-corrected chi connectivity index (χ1v) is 9.85. The molecule has 0 amide bonds. The van der Waals surface area contributed by atoms with Crippen molar-refractivity contribution in [3.8, 4) is 11.1 Å². The Morgan fingerprint density at radius 3 is 2.41 bits per heavy atom. The van der Waals surface area contributed by atoms with Gasteiger partial charge in [0.2, 0.25) is 0 Å². The number of aromatic amines is 2. The lowest BCUT2D eigenvalue weighted by atomic mass is 10.0. The number of thioether (sulfide) groups is 1. The molecule has 2 N–H and O–H groups in total. The largest absolute Gasteiger partial charge is 0.327 e. The molecular weight excluding hydrogens is 382 g/mol. The maximum atomic E-state index is 12.4. The highest BCUT2D eigenvalue weighted by molar-refractivity contribution is 8.01. The molecule has 2 aromatic carbocycles. The Kier molecular flexibility index (Phi) is 4.74. The summed E-state index contributed by atoms with van der Waals surface area (Å²) in [5, 5.41) is 0. The zero-order valence-corrected chi connectivity index (χ0v) is 15.5. The molecule has 0 spiro atoms. The number of rotatable bonds is 5. The molecule has 4 aromatic rings. The van der Waals surface area contributed by atoms with Gasteiger partial charge in [0.15, 0.2) is 15.8 Å². The lowest BCUT2D eigenvalue weighted by Crippen LogP contribution is -2.20. The second-order valence-corrected chi connectivity index (χ2v) is 7.94. The van der Waals surface area contributed by atoms with Crippen LogP contribution in [0.2, 0.25) is 0 Å². The first-order valence-electron chi connectivity index (χ1n) is 8.05. The molecule has 0 saturated heterocycles. The number of aromatic nitrogens is 3. The summed E-state index contributed by atoms with van der Waals surface area (Å²) in [4.78, 5) is 44.3. The van der Waals surface area contributed by atoms with E-state index < -0.39 is 11.2 Å². The fourth-order valence-corrected chi connectivity index (χ4v) is 4.48. The van der Waals surface area contributed by atoms with Crippen LogP contribution in [0.25, 0.3) is 21.5 Å². The molecule has 2 aromatic heterocycles. The fourth-order valence-electron chi connectivity index (χ4n) is 2.59. The van der Waals surface area contributed by atoms with Gasteiger partial charge in [0, 0.05) is 5.56 Å². The summed E-state index contributed by atoms with van der Waals surface area (Å²) in [7, 11) is 0. The molecule has 0 fully saturated rings. The Morgan fingerprint density at radius 1 is 0.963 bits per heavy atom. The Bertz CT molecular complexity index is 1230. The number of hydrogen-bond donors (Lipinski definition) is 2. The van der Waals surface area contributed by atoms with Crippen molar-refractivity contribution in [1.29, 1.82) is 0 Å². The van der Waals surface area contributed by atoms with Gasteiger partial charge in [-0.25, -0.2) is 9.78 Å². The zero-order valence-electron chi connectivity index (χ0n) is 13.9. The smallest absolute Gasteiger partial charge is 0.293 e. The molecule has 0 saturated carbocycles. The minimum absolute atomic E-state index is 0.0266. The number of ketones is 1. The summed E-state index contributed by atoms with van der Waals surface area (Å²) in [6, 6.07) is 17.4. The first-order chi connectivity index (χ1) is 13.1. The zero-order chi connectivity index (χ0) is 18.8. The van der Waals surface area contributed by atoms with Crippen molar-refractivity contribution < 1.29 is 4.79 Å². The molecule has 0 aliphatic heterocycles. The minimum atomic E-state index is -0.594. The molecule has 0 unspecified atom stereocenters. The molecule has 0 aliphatic carbocycles. The third-order valence-corrected chi connectivity index (χ3v) is 6.11. The Balaban J connectivity index is 1.47. The van der Waals surface area contributed by atoms with Crippen LogP contribution >= 0.6 is 23.1 Å². The molecule has 4 rings (SSSR count). The van der Waals surface area contributed by atoms with E-state index in [-0.39, 0.29) is 17.2 Å². The summed E-state index contributed by atoms with van der Waals surface area (Å²) in [5.74, 6) is 0.174. The van der Waals surface area contributed by atoms with Gasteiger partial charge in [-0.1, -0.05) is 66.4 Å². The third kappa shape index (κ3) is 3.76. The van der Waals surface area contributed by atoms with Gasteiger partial charge in [-0.15, -0.1) is 11.3 Å². The van der Waals surface area contributed by atoms with Crippen molar-refractivity contribution in [3.05, 3.63) is 81.0 Å². The van der Waals surface area contributed by atoms with E-state index in [4.69, 9.17) is 0 Å². The van der Waals surface area contributed by atoms with Crippen LogP contribution in [0.1, 0.15) is 10.4 Å². The molecular formula is C19H13N3O3S2. The van der Waals surface area contributed by atoms with Crippen LogP contribution in [0.4, 0.5) is 0 Å². The lowest BCUT2D eigenvalue weighted by Gasteiger charge is -2.03. The Morgan fingerprint density at radius 2 is 1.67 bits per heavy atom. The SMILES string of the molecule is O=C(CSc1nc2[nH]c(=O)[nH]c(=O)c2s1)c1ccc(-c2ccccc2)cc1. The van der Waals surface area contributed by atoms with Crippen LogP contribution in [-0.2, 0) is 0 Å². The van der Waals surface area contributed by atoms with Gasteiger partial charge in [-0.2, -0.15) is 0 Å². The van der Waals surface area contributed by atoms with Crippen LogP contribution in [0.5, 0.6) is 0 Å². The van der Waals surface area contributed by atoms with Crippen LogP contribution < -0.4 is 11.2 Å². The number of nitrogens with zero attached hydrogens (tertiary/aromatic N) is 1. The summed E-state index contributed by atoms with van der Waals surface area (Å²) in [6.45, 7) is 0.